The lowest BCUT2D eigenvalue weighted by Crippen LogP contribution is -2.56. The molecule has 3 rings (SSSR count). The molecule has 5 heteroatoms. The highest BCUT2D eigenvalue weighted by Crippen LogP contribution is 2.19. The molecular weight excluding hydrogens is 259 g/mol. The van der Waals surface area contributed by atoms with Crippen molar-refractivity contribution in [2.45, 2.75) is 6.10 Å². The van der Waals surface area contributed by atoms with Crippen LogP contribution in [0.3, 0.4) is 0 Å². The number of pyridine rings is 1. The molecule has 1 fully saturated rings. The summed E-state index contributed by atoms with van der Waals surface area (Å²) in [6.07, 6.45) is 3.28. The number of ether oxygens (including phenoxy) is 1. The van der Waals surface area contributed by atoms with Gasteiger partial charge in [-0.15, -0.1) is 0 Å². The fourth-order valence-electron chi connectivity index (χ4n) is 2.09. The average molecular weight is 272 g/mol. The Labute approximate surface area is 115 Å². The summed E-state index contributed by atoms with van der Waals surface area (Å²) in [4.78, 5) is 17.7. The summed E-state index contributed by atoms with van der Waals surface area (Å²) in [6, 6.07) is 9.33. The summed E-state index contributed by atoms with van der Waals surface area (Å²) in [5, 5.41) is 0. The SMILES string of the molecule is O=C(c1cccc(F)c1)N1CC(Oc2cccnc2)C1. The van der Waals surface area contributed by atoms with Gasteiger partial charge in [0.05, 0.1) is 19.3 Å². The molecule has 1 amide bonds. The van der Waals surface area contributed by atoms with Gasteiger partial charge in [0, 0.05) is 11.8 Å². The smallest absolute Gasteiger partial charge is 0.254 e. The van der Waals surface area contributed by atoms with Crippen LogP contribution in [0.25, 0.3) is 0 Å². The quantitative estimate of drug-likeness (QED) is 0.859. The lowest BCUT2D eigenvalue weighted by molar-refractivity contribution is 0.0176. The van der Waals surface area contributed by atoms with Crippen LogP contribution in [-0.4, -0.2) is 35.0 Å². The third-order valence-corrected chi connectivity index (χ3v) is 3.14. The molecule has 1 aliphatic rings. The highest BCUT2D eigenvalue weighted by molar-refractivity contribution is 5.94. The van der Waals surface area contributed by atoms with E-state index in [0.717, 1.165) is 0 Å². The second-order valence-electron chi connectivity index (χ2n) is 4.65. The maximum Gasteiger partial charge on any atom is 0.254 e. The molecule has 1 aromatic carbocycles. The summed E-state index contributed by atoms with van der Waals surface area (Å²) < 4.78 is 18.7. The molecule has 0 unspecified atom stereocenters. The molecule has 1 aromatic heterocycles. The first-order chi connectivity index (χ1) is 9.72. The van der Waals surface area contributed by atoms with Crippen molar-refractivity contribution in [3.05, 3.63) is 60.2 Å². The third-order valence-electron chi connectivity index (χ3n) is 3.14. The highest BCUT2D eigenvalue weighted by atomic mass is 19.1. The Hall–Kier alpha value is -2.43. The molecule has 0 radical (unpaired) electrons. The summed E-state index contributed by atoms with van der Waals surface area (Å²) in [5.74, 6) is 0.116. The van der Waals surface area contributed by atoms with E-state index >= 15 is 0 Å². The van der Waals surface area contributed by atoms with Gasteiger partial charge >= 0.3 is 0 Å². The van der Waals surface area contributed by atoms with Crippen LogP contribution < -0.4 is 4.74 Å². The van der Waals surface area contributed by atoms with Crippen LogP contribution >= 0.6 is 0 Å². The van der Waals surface area contributed by atoms with Gasteiger partial charge in [0.25, 0.3) is 5.91 Å². The number of nitrogens with zero attached hydrogens (tertiary/aromatic N) is 2. The average Bonchev–Trinajstić information content (AvgIpc) is 2.43. The van der Waals surface area contributed by atoms with Crippen molar-refractivity contribution in [2.75, 3.05) is 13.1 Å². The molecule has 1 saturated heterocycles. The van der Waals surface area contributed by atoms with Crippen molar-refractivity contribution in [3.8, 4) is 5.75 Å². The van der Waals surface area contributed by atoms with E-state index in [1.807, 2.05) is 6.07 Å². The minimum Gasteiger partial charge on any atom is -0.485 e. The predicted molar refractivity (Wildman–Crippen MR) is 71.0 cm³/mol. The molecular formula is C15H13FN2O2. The lowest BCUT2D eigenvalue weighted by atomic mass is 10.1. The zero-order valence-corrected chi connectivity index (χ0v) is 10.7. The van der Waals surface area contributed by atoms with Crippen molar-refractivity contribution >= 4 is 5.91 Å². The van der Waals surface area contributed by atoms with Gasteiger partial charge in [-0.05, 0) is 30.3 Å². The molecule has 4 nitrogen and oxygen atoms in total. The number of amides is 1. The van der Waals surface area contributed by atoms with E-state index in [1.54, 1.807) is 29.4 Å². The Morgan fingerprint density at radius 1 is 1.30 bits per heavy atom. The van der Waals surface area contributed by atoms with E-state index in [9.17, 15) is 9.18 Å². The number of carbonyl (C=O) groups excluding carboxylic acids is 1. The highest BCUT2D eigenvalue weighted by Gasteiger charge is 2.32. The van der Waals surface area contributed by atoms with E-state index in [-0.39, 0.29) is 12.0 Å². The second-order valence-corrected chi connectivity index (χ2v) is 4.65. The zero-order valence-electron chi connectivity index (χ0n) is 10.7. The summed E-state index contributed by atoms with van der Waals surface area (Å²) in [6.45, 7) is 1.01. The minimum absolute atomic E-state index is 0.0308. The van der Waals surface area contributed by atoms with Crippen molar-refractivity contribution in [1.29, 1.82) is 0 Å². The Balaban J connectivity index is 1.56. The molecule has 0 saturated carbocycles. The molecule has 102 valence electrons. The number of hydrogen-bond donors (Lipinski definition) is 0. The van der Waals surface area contributed by atoms with Gasteiger partial charge in [-0.3, -0.25) is 9.78 Å². The van der Waals surface area contributed by atoms with Gasteiger partial charge in [0.15, 0.2) is 0 Å². The molecule has 20 heavy (non-hydrogen) atoms. The molecule has 0 bridgehead atoms. The zero-order chi connectivity index (χ0) is 13.9. The van der Waals surface area contributed by atoms with Crippen molar-refractivity contribution < 1.29 is 13.9 Å². The number of aromatic nitrogens is 1. The largest absolute Gasteiger partial charge is 0.485 e. The van der Waals surface area contributed by atoms with Crippen molar-refractivity contribution in [3.63, 3.8) is 0 Å². The normalized spacial score (nSPS) is 14.8. The summed E-state index contributed by atoms with van der Waals surface area (Å²) in [7, 11) is 0. The maximum absolute atomic E-state index is 13.1. The van der Waals surface area contributed by atoms with Crippen LogP contribution in [-0.2, 0) is 0 Å². The molecule has 0 N–H and O–H groups in total. The number of likely N-dealkylation sites (tertiary alicyclic amines) is 1. The van der Waals surface area contributed by atoms with Crippen LogP contribution in [0.4, 0.5) is 4.39 Å². The first kappa shape index (κ1) is 12.6. The number of halogens is 1. The van der Waals surface area contributed by atoms with E-state index in [2.05, 4.69) is 4.98 Å². The van der Waals surface area contributed by atoms with Crippen LogP contribution in [0.1, 0.15) is 10.4 Å². The van der Waals surface area contributed by atoms with E-state index in [4.69, 9.17) is 4.74 Å². The lowest BCUT2D eigenvalue weighted by Gasteiger charge is -2.38. The Morgan fingerprint density at radius 3 is 2.85 bits per heavy atom. The minimum atomic E-state index is -0.403. The van der Waals surface area contributed by atoms with E-state index < -0.39 is 5.82 Å². The number of benzene rings is 1. The van der Waals surface area contributed by atoms with Gasteiger partial charge in [-0.1, -0.05) is 6.07 Å². The van der Waals surface area contributed by atoms with Gasteiger partial charge in [0.2, 0.25) is 0 Å². The topological polar surface area (TPSA) is 42.4 Å². The van der Waals surface area contributed by atoms with Crippen molar-refractivity contribution in [1.82, 2.24) is 9.88 Å². The van der Waals surface area contributed by atoms with E-state index in [1.165, 1.54) is 18.2 Å². The van der Waals surface area contributed by atoms with Crippen LogP contribution in [0, 0.1) is 5.82 Å². The van der Waals surface area contributed by atoms with Crippen LogP contribution in [0.5, 0.6) is 5.75 Å². The van der Waals surface area contributed by atoms with Crippen LogP contribution in [0.2, 0.25) is 0 Å². The van der Waals surface area contributed by atoms with E-state index in [0.29, 0.717) is 24.4 Å². The monoisotopic (exact) mass is 272 g/mol. The molecule has 0 aliphatic carbocycles. The Bertz CT molecular complexity index is 612. The van der Waals surface area contributed by atoms with Gasteiger partial charge in [-0.25, -0.2) is 4.39 Å². The standard InChI is InChI=1S/C15H13FN2O2/c16-12-4-1-3-11(7-12)15(19)18-9-14(10-18)20-13-5-2-6-17-8-13/h1-8,14H,9-10H2. The van der Waals surface area contributed by atoms with Crippen molar-refractivity contribution in [2.24, 2.45) is 0 Å². The fraction of sp³-hybridized carbons (Fsp3) is 0.200. The Kier molecular flexibility index (Phi) is 3.33. The maximum atomic E-state index is 13.1. The van der Waals surface area contributed by atoms with Gasteiger partial charge in [-0.2, -0.15) is 0 Å². The van der Waals surface area contributed by atoms with Gasteiger partial charge in [0.1, 0.15) is 17.7 Å². The molecule has 1 aliphatic heterocycles. The Morgan fingerprint density at radius 2 is 2.15 bits per heavy atom. The first-order valence-electron chi connectivity index (χ1n) is 6.34. The molecule has 2 aromatic rings. The molecule has 2 heterocycles. The number of rotatable bonds is 3. The van der Waals surface area contributed by atoms with Crippen LogP contribution in [0.15, 0.2) is 48.8 Å². The first-order valence-corrected chi connectivity index (χ1v) is 6.34. The predicted octanol–water partition coefficient (Wildman–Crippen LogP) is 2.12. The summed E-state index contributed by atoms with van der Waals surface area (Å²) >= 11 is 0. The fourth-order valence-corrected chi connectivity index (χ4v) is 2.09. The molecule has 0 spiro atoms. The number of hydrogen-bond acceptors (Lipinski definition) is 3. The molecule has 0 atom stereocenters. The summed E-state index contributed by atoms with van der Waals surface area (Å²) in [5.41, 5.74) is 0.366. The second kappa shape index (κ2) is 5.28. The van der Waals surface area contributed by atoms with Gasteiger partial charge < -0.3 is 9.64 Å². The third kappa shape index (κ3) is 2.61. The number of carbonyl (C=O) groups is 1.